The summed E-state index contributed by atoms with van der Waals surface area (Å²) in [5.74, 6) is -1.80. The van der Waals surface area contributed by atoms with E-state index in [2.05, 4.69) is 25.9 Å². The van der Waals surface area contributed by atoms with Gasteiger partial charge in [-0.25, -0.2) is 13.8 Å². The number of H-pyrrole nitrogens is 1. The second kappa shape index (κ2) is 6.22. The van der Waals surface area contributed by atoms with E-state index in [1.165, 1.54) is 12.3 Å². The van der Waals surface area contributed by atoms with Crippen LogP contribution in [-0.2, 0) is 0 Å². The molecule has 2 unspecified atom stereocenters. The lowest BCUT2D eigenvalue weighted by Crippen LogP contribution is -2.23. The minimum absolute atomic E-state index is 0.0789. The van der Waals surface area contributed by atoms with E-state index in [-0.39, 0.29) is 16.8 Å². The molecule has 1 aliphatic carbocycles. The molecule has 1 aliphatic heterocycles. The number of aromatic nitrogens is 3. The van der Waals surface area contributed by atoms with E-state index in [4.69, 9.17) is 5.73 Å². The lowest BCUT2D eigenvalue weighted by atomic mass is 10.0. The lowest BCUT2D eigenvalue weighted by Gasteiger charge is -2.23. The van der Waals surface area contributed by atoms with Crippen LogP contribution in [-0.4, -0.2) is 34.1 Å². The highest BCUT2D eigenvalue weighted by molar-refractivity contribution is 6.15. The zero-order chi connectivity index (χ0) is 21.3. The van der Waals surface area contributed by atoms with Crippen LogP contribution >= 0.6 is 0 Å². The van der Waals surface area contributed by atoms with Crippen molar-refractivity contribution >= 4 is 27.6 Å². The Morgan fingerprint density at radius 1 is 1.23 bits per heavy atom. The number of nitriles is 1. The largest absolute Gasteiger partial charge is 0.370 e. The number of nitrogens with one attached hydrogen (secondary N) is 1. The third kappa shape index (κ3) is 2.56. The lowest BCUT2D eigenvalue weighted by molar-refractivity contribution is 0.517. The highest BCUT2D eigenvalue weighted by Crippen LogP contribution is 2.54. The van der Waals surface area contributed by atoms with Crippen LogP contribution in [0.25, 0.3) is 33.1 Å². The third-order valence-electron chi connectivity index (χ3n) is 6.78. The normalized spacial score (nSPS) is 22.5. The van der Waals surface area contributed by atoms with E-state index < -0.39 is 11.6 Å². The predicted molar refractivity (Wildman–Crippen MR) is 113 cm³/mol. The van der Waals surface area contributed by atoms with Crippen LogP contribution in [0.5, 0.6) is 0 Å². The molecule has 2 atom stereocenters. The van der Waals surface area contributed by atoms with Gasteiger partial charge in [0.15, 0.2) is 11.6 Å². The molecule has 4 aromatic rings. The third-order valence-corrected chi connectivity index (χ3v) is 6.78. The number of nitrogens with two attached hydrogens (primary N) is 1. The first-order valence-corrected chi connectivity index (χ1v) is 10.2. The Bertz CT molecular complexity index is 1420. The van der Waals surface area contributed by atoms with Crippen LogP contribution in [0.4, 0.5) is 14.5 Å². The summed E-state index contributed by atoms with van der Waals surface area (Å²) in [7, 11) is 0. The summed E-state index contributed by atoms with van der Waals surface area (Å²) in [6.07, 6.45) is 6.78. The van der Waals surface area contributed by atoms with Gasteiger partial charge in [-0.2, -0.15) is 5.26 Å². The molecule has 2 aliphatic rings. The van der Waals surface area contributed by atoms with Gasteiger partial charge in [0, 0.05) is 59.7 Å². The molecule has 1 saturated heterocycles. The van der Waals surface area contributed by atoms with Crippen molar-refractivity contribution in [1.82, 2.24) is 15.0 Å². The standard InChI is InChI=1S/C23H18F2N6/c24-15-1-2-16-18(20(15)25)19-21(31-4-3-23(11-31)6-17(23)27)14(10-29-22(19)30-16)13-5-12(7-26)8-28-9-13/h1-2,5,8-10,17H,3-4,6,11,27H2,(H,29,30). The molecular weight excluding hydrogens is 398 g/mol. The van der Waals surface area contributed by atoms with E-state index in [1.54, 1.807) is 18.5 Å². The number of benzene rings is 1. The van der Waals surface area contributed by atoms with Crippen LogP contribution in [0.1, 0.15) is 18.4 Å². The van der Waals surface area contributed by atoms with Crippen molar-refractivity contribution in [1.29, 1.82) is 5.26 Å². The van der Waals surface area contributed by atoms with Crippen molar-refractivity contribution in [2.45, 2.75) is 18.9 Å². The van der Waals surface area contributed by atoms with E-state index in [0.717, 1.165) is 43.2 Å². The summed E-state index contributed by atoms with van der Waals surface area (Å²) in [4.78, 5) is 14.0. The maximum atomic E-state index is 15.0. The van der Waals surface area contributed by atoms with Crippen LogP contribution in [0.2, 0.25) is 0 Å². The van der Waals surface area contributed by atoms with Crippen molar-refractivity contribution in [3.63, 3.8) is 0 Å². The molecule has 0 amide bonds. The van der Waals surface area contributed by atoms with Crippen LogP contribution < -0.4 is 10.6 Å². The fourth-order valence-electron chi connectivity index (χ4n) is 4.98. The van der Waals surface area contributed by atoms with E-state index in [9.17, 15) is 14.0 Å². The highest BCUT2D eigenvalue weighted by Gasteiger charge is 2.55. The van der Waals surface area contributed by atoms with Crippen LogP contribution in [0, 0.1) is 28.4 Å². The second-order valence-electron chi connectivity index (χ2n) is 8.57. The van der Waals surface area contributed by atoms with Gasteiger partial charge in [-0.1, -0.05) is 0 Å². The van der Waals surface area contributed by atoms with Crippen LogP contribution in [0.15, 0.2) is 36.8 Å². The molecule has 1 aromatic carbocycles. The van der Waals surface area contributed by atoms with Crippen LogP contribution in [0.3, 0.4) is 0 Å². The number of fused-ring (bicyclic) bond motifs is 3. The molecule has 6 nitrogen and oxygen atoms in total. The van der Waals surface area contributed by atoms with Gasteiger partial charge in [-0.3, -0.25) is 4.98 Å². The van der Waals surface area contributed by atoms with E-state index in [1.807, 2.05) is 0 Å². The van der Waals surface area contributed by atoms with Crippen molar-refractivity contribution in [3.8, 4) is 17.2 Å². The number of hydrogen-bond donors (Lipinski definition) is 2. The molecule has 8 heteroatoms. The van der Waals surface area contributed by atoms with E-state index >= 15 is 0 Å². The molecule has 0 radical (unpaired) electrons. The molecule has 154 valence electrons. The van der Waals surface area contributed by atoms with Gasteiger partial charge in [0.2, 0.25) is 0 Å². The van der Waals surface area contributed by atoms with Crippen molar-refractivity contribution < 1.29 is 8.78 Å². The molecule has 1 saturated carbocycles. The number of nitrogens with zero attached hydrogens (tertiary/aromatic N) is 4. The Hall–Kier alpha value is -3.57. The van der Waals surface area contributed by atoms with Gasteiger partial charge in [-0.05, 0) is 31.0 Å². The Morgan fingerprint density at radius 2 is 2.06 bits per heavy atom. The smallest absolute Gasteiger partial charge is 0.168 e. The van der Waals surface area contributed by atoms with E-state index in [0.29, 0.717) is 27.7 Å². The number of rotatable bonds is 2. The van der Waals surface area contributed by atoms with Gasteiger partial charge in [-0.15, -0.1) is 0 Å². The van der Waals surface area contributed by atoms with Gasteiger partial charge in [0.05, 0.1) is 22.2 Å². The first-order valence-electron chi connectivity index (χ1n) is 10.2. The zero-order valence-corrected chi connectivity index (χ0v) is 16.5. The Kier molecular flexibility index (Phi) is 3.65. The minimum atomic E-state index is -0.903. The average molecular weight is 416 g/mol. The molecule has 6 rings (SSSR count). The quantitative estimate of drug-likeness (QED) is 0.518. The summed E-state index contributed by atoms with van der Waals surface area (Å²) in [6, 6.07) is 6.65. The first-order chi connectivity index (χ1) is 15.0. The second-order valence-corrected chi connectivity index (χ2v) is 8.57. The fourth-order valence-corrected chi connectivity index (χ4v) is 4.98. The Morgan fingerprint density at radius 3 is 2.81 bits per heavy atom. The van der Waals surface area contributed by atoms with Gasteiger partial charge < -0.3 is 15.6 Å². The fraction of sp³-hybridized carbons (Fsp3) is 0.261. The number of halogens is 2. The van der Waals surface area contributed by atoms with Gasteiger partial charge in [0.1, 0.15) is 11.7 Å². The van der Waals surface area contributed by atoms with Crippen molar-refractivity contribution in [2.75, 3.05) is 18.0 Å². The molecule has 1 spiro atoms. The maximum absolute atomic E-state index is 15.0. The molecule has 4 heterocycles. The molecule has 31 heavy (non-hydrogen) atoms. The summed E-state index contributed by atoms with van der Waals surface area (Å²) in [5.41, 5.74) is 9.90. The minimum Gasteiger partial charge on any atom is -0.370 e. The Balaban J connectivity index is 1.67. The topological polar surface area (TPSA) is 94.6 Å². The first kappa shape index (κ1) is 18.2. The van der Waals surface area contributed by atoms with Crippen molar-refractivity contribution in [3.05, 3.63) is 54.0 Å². The number of pyridine rings is 2. The molecule has 3 N–H and O–H groups in total. The molecule has 3 aromatic heterocycles. The average Bonchev–Trinajstić information content (AvgIpc) is 3.11. The molecule has 0 bridgehead atoms. The summed E-state index contributed by atoms with van der Waals surface area (Å²) in [5, 5.41) is 10.0. The number of aromatic amines is 1. The summed E-state index contributed by atoms with van der Waals surface area (Å²) < 4.78 is 29.2. The Labute approximate surface area is 176 Å². The number of hydrogen-bond acceptors (Lipinski definition) is 5. The molecular formula is C23H18F2N6. The van der Waals surface area contributed by atoms with Gasteiger partial charge in [0.25, 0.3) is 0 Å². The monoisotopic (exact) mass is 416 g/mol. The number of anilines is 1. The highest BCUT2D eigenvalue weighted by atomic mass is 19.2. The van der Waals surface area contributed by atoms with Crippen molar-refractivity contribution in [2.24, 2.45) is 11.1 Å². The summed E-state index contributed by atoms with van der Waals surface area (Å²) >= 11 is 0. The SMILES string of the molecule is N#Cc1cncc(-c2cnc3[nH]c4ccc(F)c(F)c4c3c2N2CCC3(CC3N)C2)c1. The zero-order valence-electron chi connectivity index (χ0n) is 16.5. The predicted octanol–water partition coefficient (Wildman–Crippen LogP) is 3.86. The maximum Gasteiger partial charge on any atom is 0.168 e. The molecule has 2 fully saturated rings. The summed E-state index contributed by atoms with van der Waals surface area (Å²) in [6.45, 7) is 1.50. The van der Waals surface area contributed by atoms with Gasteiger partial charge >= 0.3 is 0 Å².